The van der Waals surface area contributed by atoms with Gasteiger partial charge in [0, 0.05) is 6.54 Å². The lowest BCUT2D eigenvalue weighted by Gasteiger charge is -2.31. The van der Waals surface area contributed by atoms with E-state index in [1.807, 2.05) is 25.2 Å². The van der Waals surface area contributed by atoms with Crippen LogP contribution in [0, 0.1) is 0 Å². The highest BCUT2D eigenvalue weighted by atomic mass is 35.5. The maximum absolute atomic E-state index is 13.4. The molecule has 0 heterocycles. The van der Waals surface area contributed by atoms with Crippen LogP contribution in [0.5, 0.6) is 0 Å². The molecule has 2 aromatic rings. The van der Waals surface area contributed by atoms with Gasteiger partial charge < -0.3 is 21.5 Å². The Hall–Kier alpha value is -3.01. The summed E-state index contributed by atoms with van der Waals surface area (Å²) in [4.78, 5) is 24.5. The predicted octanol–water partition coefficient (Wildman–Crippen LogP) is 5.98. The first-order valence-corrected chi connectivity index (χ1v) is 10.7. The number of rotatable bonds is 6. The van der Waals surface area contributed by atoms with Gasteiger partial charge in [-0.1, -0.05) is 41.4 Å². The van der Waals surface area contributed by atoms with Crippen molar-refractivity contribution in [3.05, 3.63) is 80.9 Å². The first kappa shape index (κ1) is 25.6. The van der Waals surface area contributed by atoms with Crippen molar-refractivity contribution in [1.29, 1.82) is 0 Å². The fourth-order valence-corrected chi connectivity index (χ4v) is 3.68. The zero-order valence-corrected chi connectivity index (χ0v) is 19.3. The molecule has 180 valence electrons. The van der Waals surface area contributed by atoms with Gasteiger partial charge in [0.25, 0.3) is 5.91 Å². The Labute approximate surface area is 203 Å². The van der Waals surface area contributed by atoms with Gasteiger partial charge in [0.15, 0.2) is 0 Å². The van der Waals surface area contributed by atoms with E-state index in [0.29, 0.717) is 13.0 Å². The Morgan fingerprint density at radius 3 is 2.29 bits per heavy atom. The molecular weight excluding hydrogens is 494 g/mol. The normalized spacial score (nSPS) is 17.8. The molecule has 1 aliphatic rings. The van der Waals surface area contributed by atoms with Gasteiger partial charge in [0.2, 0.25) is 0 Å². The van der Waals surface area contributed by atoms with Crippen LogP contribution in [0.4, 0.5) is 24.5 Å². The van der Waals surface area contributed by atoms with Crippen molar-refractivity contribution in [2.75, 3.05) is 17.2 Å². The monoisotopic (exact) mass is 513 g/mol. The van der Waals surface area contributed by atoms with Crippen molar-refractivity contribution in [1.82, 2.24) is 0 Å². The van der Waals surface area contributed by atoms with Crippen LogP contribution in [-0.2, 0) is 6.18 Å². The largest absolute Gasteiger partial charge is 0.478 e. The number of halogens is 5. The fraction of sp³-hybridized carbons (Fsp3) is 0.217. The Morgan fingerprint density at radius 2 is 1.76 bits per heavy atom. The van der Waals surface area contributed by atoms with Crippen LogP contribution < -0.4 is 16.4 Å². The van der Waals surface area contributed by atoms with Crippen LogP contribution in [0.15, 0.2) is 54.1 Å². The van der Waals surface area contributed by atoms with E-state index in [2.05, 4.69) is 10.6 Å². The van der Waals surface area contributed by atoms with E-state index in [0.717, 1.165) is 29.8 Å². The summed E-state index contributed by atoms with van der Waals surface area (Å²) in [7, 11) is 0. The Bertz CT molecular complexity index is 1210. The summed E-state index contributed by atoms with van der Waals surface area (Å²) < 4.78 is 40.1. The Balaban J connectivity index is 2.01. The standard InChI is InChI=1S/C23H20Cl2F3N3O3/c1-22(6-4-12(11-29)5-7-22)31-18-3-2-13(23(26,27)28)8-19(18)30-20(32)14-9-16(24)17(25)10-15(14)21(33)34/h2-6,8-10,31H,7,11,29H2,1H3,(H,30,32)(H,33,34). The van der Waals surface area contributed by atoms with Crippen molar-refractivity contribution >= 4 is 46.5 Å². The molecule has 3 rings (SSSR count). The van der Waals surface area contributed by atoms with Gasteiger partial charge in [-0.05, 0) is 49.2 Å². The molecule has 0 aliphatic heterocycles. The van der Waals surface area contributed by atoms with E-state index in [4.69, 9.17) is 28.9 Å². The SMILES string of the molecule is CC1(Nc2ccc(C(F)(F)F)cc2NC(=O)c2cc(Cl)c(Cl)cc2C(=O)O)C=CC(CN)=CC1. The number of benzene rings is 2. The van der Waals surface area contributed by atoms with Gasteiger partial charge >= 0.3 is 12.1 Å². The molecule has 0 saturated carbocycles. The number of carboxylic acids is 1. The zero-order valence-electron chi connectivity index (χ0n) is 17.8. The van der Waals surface area contributed by atoms with Crippen LogP contribution in [0.3, 0.4) is 0 Å². The van der Waals surface area contributed by atoms with E-state index in [1.165, 1.54) is 6.07 Å². The number of alkyl halides is 3. The summed E-state index contributed by atoms with van der Waals surface area (Å²) in [5.74, 6) is -2.42. The lowest BCUT2D eigenvalue weighted by molar-refractivity contribution is -0.137. The maximum atomic E-state index is 13.4. The quantitative estimate of drug-likeness (QED) is 0.380. The lowest BCUT2D eigenvalue weighted by Crippen LogP contribution is -2.34. The van der Waals surface area contributed by atoms with Crippen LogP contribution in [0.1, 0.15) is 39.6 Å². The number of nitrogens with two attached hydrogens (primary N) is 1. The van der Waals surface area contributed by atoms with E-state index >= 15 is 0 Å². The van der Waals surface area contributed by atoms with Crippen LogP contribution in [-0.4, -0.2) is 29.1 Å². The molecule has 34 heavy (non-hydrogen) atoms. The first-order valence-electron chi connectivity index (χ1n) is 9.94. The summed E-state index contributed by atoms with van der Waals surface area (Å²) in [6.07, 6.45) is 1.39. The summed E-state index contributed by atoms with van der Waals surface area (Å²) in [5, 5.41) is 14.8. The minimum atomic E-state index is -4.67. The third kappa shape index (κ3) is 5.72. The molecule has 0 spiro atoms. The van der Waals surface area contributed by atoms with Crippen LogP contribution in [0.25, 0.3) is 0 Å². The van der Waals surface area contributed by atoms with Crippen molar-refractivity contribution in [3.8, 4) is 0 Å². The molecule has 6 nitrogen and oxygen atoms in total. The van der Waals surface area contributed by atoms with Gasteiger partial charge in [0.05, 0.1) is 43.6 Å². The molecule has 5 N–H and O–H groups in total. The average Bonchev–Trinajstić information content (AvgIpc) is 2.76. The van der Waals surface area contributed by atoms with Gasteiger partial charge in [-0.3, -0.25) is 4.79 Å². The topological polar surface area (TPSA) is 104 Å². The second-order valence-electron chi connectivity index (χ2n) is 7.89. The summed E-state index contributed by atoms with van der Waals surface area (Å²) in [6.45, 7) is 2.18. The van der Waals surface area contributed by atoms with Crippen molar-refractivity contribution in [2.24, 2.45) is 5.73 Å². The van der Waals surface area contributed by atoms with Crippen molar-refractivity contribution < 1.29 is 27.9 Å². The van der Waals surface area contributed by atoms with Gasteiger partial charge in [0.1, 0.15) is 0 Å². The molecule has 0 fully saturated rings. The fourth-order valence-electron chi connectivity index (χ4n) is 3.36. The summed E-state index contributed by atoms with van der Waals surface area (Å²) in [5.41, 5.74) is 4.10. The molecule has 1 aliphatic carbocycles. The number of hydrogen-bond acceptors (Lipinski definition) is 4. The number of carboxylic acid groups (broad SMARTS) is 1. The third-order valence-electron chi connectivity index (χ3n) is 5.24. The third-order valence-corrected chi connectivity index (χ3v) is 5.96. The molecule has 0 radical (unpaired) electrons. The number of anilines is 2. The highest BCUT2D eigenvalue weighted by Crippen LogP contribution is 2.37. The van der Waals surface area contributed by atoms with Crippen molar-refractivity contribution in [2.45, 2.75) is 25.1 Å². The molecule has 2 aromatic carbocycles. The molecular formula is C23H20Cl2F3N3O3. The highest BCUT2D eigenvalue weighted by molar-refractivity contribution is 6.42. The lowest BCUT2D eigenvalue weighted by atomic mass is 9.90. The minimum absolute atomic E-state index is 0.0819. The number of carbonyl (C=O) groups excluding carboxylic acids is 1. The number of hydrogen-bond donors (Lipinski definition) is 4. The molecule has 0 saturated heterocycles. The highest BCUT2D eigenvalue weighted by Gasteiger charge is 2.32. The molecule has 1 amide bonds. The zero-order chi connectivity index (χ0) is 25.3. The predicted molar refractivity (Wildman–Crippen MR) is 126 cm³/mol. The number of amides is 1. The van der Waals surface area contributed by atoms with Crippen LogP contribution >= 0.6 is 23.2 Å². The number of aromatic carboxylic acids is 1. The Kier molecular flexibility index (Phi) is 7.30. The first-order chi connectivity index (χ1) is 15.8. The number of carbonyl (C=O) groups is 2. The van der Waals surface area contributed by atoms with Gasteiger partial charge in [-0.15, -0.1) is 0 Å². The van der Waals surface area contributed by atoms with E-state index in [1.54, 1.807) is 0 Å². The van der Waals surface area contributed by atoms with Gasteiger partial charge in [-0.2, -0.15) is 13.2 Å². The second kappa shape index (κ2) is 9.69. The van der Waals surface area contributed by atoms with Gasteiger partial charge in [-0.25, -0.2) is 4.79 Å². The molecule has 11 heteroatoms. The molecule has 0 bridgehead atoms. The second-order valence-corrected chi connectivity index (χ2v) is 8.71. The number of nitrogens with one attached hydrogen (secondary N) is 2. The average molecular weight is 514 g/mol. The molecule has 1 atom stereocenters. The summed E-state index contributed by atoms with van der Waals surface area (Å²) in [6, 6.07) is 4.91. The summed E-state index contributed by atoms with van der Waals surface area (Å²) >= 11 is 11.8. The minimum Gasteiger partial charge on any atom is -0.478 e. The molecule has 1 unspecified atom stereocenters. The maximum Gasteiger partial charge on any atom is 0.416 e. The van der Waals surface area contributed by atoms with E-state index < -0.39 is 34.7 Å². The molecule has 0 aromatic heterocycles. The Morgan fingerprint density at radius 1 is 1.12 bits per heavy atom. The van der Waals surface area contributed by atoms with E-state index in [9.17, 15) is 27.9 Å². The van der Waals surface area contributed by atoms with Crippen LogP contribution in [0.2, 0.25) is 10.0 Å². The smallest absolute Gasteiger partial charge is 0.416 e. The van der Waals surface area contributed by atoms with Crippen molar-refractivity contribution in [3.63, 3.8) is 0 Å². The van der Waals surface area contributed by atoms with E-state index in [-0.39, 0.29) is 27.0 Å².